The second kappa shape index (κ2) is 7.91. The molecule has 8 nitrogen and oxygen atoms in total. The number of hydrogen-bond acceptors (Lipinski definition) is 5. The fourth-order valence-corrected chi connectivity index (χ4v) is 2.10. The number of carbonyl (C=O) groups is 2. The average Bonchev–Trinajstić information content (AvgIpc) is 2.55. The molecule has 2 amide bonds. The van der Waals surface area contributed by atoms with Crippen LogP contribution in [0.3, 0.4) is 0 Å². The Morgan fingerprint density at radius 3 is 2.56 bits per heavy atom. The molecule has 0 aliphatic rings. The molecule has 0 bridgehead atoms. The van der Waals surface area contributed by atoms with Gasteiger partial charge in [-0.1, -0.05) is 6.07 Å². The molecule has 2 rings (SSSR count). The maximum absolute atomic E-state index is 11.9. The predicted octanol–water partition coefficient (Wildman–Crippen LogP) is 2.88. The van der Waals surface area contributed by atoms with Gasteiger partial charge in [-0.15, -0.1) is 0 Å². The smallest absolute Gasteiger partial charge is 0.273 e. The zero-order valence-corrected chi connectivity index (χ0v) is 13.7. The Morgan fingerprint density at radius 2 is 1.92 bits per heavy atom. The molecule has 0 aliphatic heterocycles. The van der Waals surface area contributed by atoms with E-state index in [9.17, 15) is 19.7 Å². The quantitative estimate of drug-likeness (QED) is 0.619. The van der Waals surface area contributed by atoms with Crippen molar-refractivity contribution in [2.75, 3.05) is 17.2 Å². The summed E-state index contributed by atoms with van der Waals surface area (Å²) in [6.07, 6.45) is 0. The number of nitrogens with zero attached hydrogens (tertiary/aromatic N) is 1. The first kappa shape index (κ1) is 17.9. The van der Waals surface area contributed by atoms with Gasteiger partial charge in [-0.2, -0.15) is 0 Å². The van der Waals surface area contributed by atoms with E-state index < -0.39 is 10.8 Å². The molecule has 130 valence electrons. The van der Waals surface area contributed by atoms with Gasteiger partial charge < -0.3 is 15.4 Å². The topological polar surface area (TPSA) is 111 Å². The molecule has 2 N–H and O–H groups in total. The maximum atomic E-state index is 11.9. The summed E-state index contributed by atoms with van der Waals surface area (Å²) < 4.78 is 5.26. The maximum Gasteiger partial charge on any atom is 0.273 e. The minimum atomic E-state index is -0.535. The average molecular weight is 343 g/mol. The van der Waals surface area contributed by atoms with E-state index in [4.69, 9.17) is 4.74 Å². The molecule has 0 spiro atoms. The highest BCUT2D eigenvalue weighted by Crippen LogP contribution is 2.21. The molecular formula is C17H17N3O5. The van der Waals surface area contributed by atoms with E-state index in [1.165, 1.54) is 31.2 Å². The summed E-state index contributed by atoms with van der Waals surface area (Å²) in [5, 5.41) is 16.0. The third-order valence-corrected chi connectivity index (χ3v) is 3.22. The van der Waals surface area contributed by atoms with Gasteiger partial charge in [0.15, 0.2) is 6.61 Å². The number of ether oxygens (including phenoxy) is 1. The highest BCUT2D eigenvalue weighted by Gasteiger charge is 2.09. The fraction of sp³-hybridized carbons (Fsp3) is 0.176. The number of non-ortho nitro benzene ring substituents is 1. The molecule has 0 atom stereocenters. The Labute approximate surface area is 144 Å². The fourth-order valence-electron chi connectivity index (χ4n) is 2.10. The summed E-state index contributed by atoms with van der Waals surface area (Å²) in [5.41, 5.74) is 1.91. The van der Waals surface area contributed by atoms with Crippen LogP contribution in [0.5, 0.6) is 5.75 Å². The van der Waals surface area contributed by atoms with Crippen LogP contribution in [0, 0.1) is 17.0 Å². The standard InChI is InChI=1S/C17H17N3O5/c1-11-8-13(6-7-16(11)18-12(2)21)19-17(22)10-25-15-5-3-4-14(9-15)20(23)24/h3-9H,10H2,1-2H3,(H,18,21)(H,19,22). The molecule has 0 aromatic heterocycles. The van der Waals surface area contributed by atoms with Gasteiger partial charge >= 0.3 is 0 Å². The van der Waals surface area contributed by atoms with Crippen molar-refractivity contribution in [2.24, 2.45) is 0 Å². The van der Waals surface area contributed by atoms with Gasteiger partial charge in [0.25, 0.3) is 11.6 Å². The molecule has 0 heterocycles. The Balaban J connectivity index is 1.94. The summed E-state index contributed by atoms with van der Waals surface area (Å²) in [5.74, 6) is -0.343. The minimum absolute atomic E-state index is 0.109. The second-order valence-corrected chi connectivity index (χ2v) is 5.30. The van der Waals surface area contributed by atoms with Gasteiger partial charge in [-0.05, 0) is 36.8 Å². The van der Waals surface area contributed by atoms with Crippen molar-refractivity contribution >= 4 is 28.9 Å². The van der Waals surface area contributed by atoms with E-state index in [1.54, 1.807) is 25.1 Å². The van der Waals surface area contributed by atoms with Crippen molar-refractivity contribution in [1.82, 2.24) is 0 Å². The molecule has 0 unspecified atom stereocenters. The molecule has 0 radical (unpaired) electrons. The van der Waals surface area contributed by atoms with Gasteiger partial charge in [-0.25, -0.2) is 0 Å². The molecule has 0 fully saturated rings. The van der Waals surface area contributed by atoms with Crippen LogP contribution in [0.15, 0.2) is 42.5 Å². The summed E-state index contributed by atoms with van der Waals surface area (Å²) in [6, 6.07) is 10.7. The largest absolute Gasteiger partial charge is 0.484 e. The van der Waals surface area contributed by atoms with Crippen LogP contribution in [0.2, 0.25) is 0 Å². The van der Waals surface area contributed by atoms with Crippen molar-refractivity contribution in [3.8, 4) is 5.75 Å². The number of nitrogens with one attached hydrogen (secondary N) is 2. The normalized spacial score (nSPS) is 10.0. The number of anilines is 2. The van der Waals surface area contributed by atoms with E-state index in [2.05, 4.69) is 10.6 Å². The summed E-state index contributed by atoms with van der Waals surface area (Å²) in [4.78, 5) is 33.2. The molecular weight excluding hydrogens is 326 g/mol. The lowest BCUT2D eigenvalue weighted by molar-refractivity contribution is -0.384. The lowest BCUT2D eigenvalue weighted by Gasteiger charge is -2.11. The Hall–Kier alpha value is -3.42. The predicted molar refractivity (Wildman–Crippen MR) is 92.7 cm³/mol. The Bertz CT molecular complexity index is 820. The van der Waals surface area contributed by atoms with Crippen LogP contribution in [-0.4, -0.2) is 23.3 Å². The number of aryl methyl sites for hydroxylation is 1. The van der Waals surface area contributed by atoms with Crippen molar-refractivity contribution in [3.05, 3.63) is 58.1 Å². The molecule has 8 heteroatoms. The van der Waals surface area contributed by atoms with Gasteiger partial charge in [0, 0.05) is 24.4 Å². The number of hydrogen-bond donors (Lipinski definition) is 2. The highest BCUT2D eigenvalue weighted by molar-refractivity contribution is 5.93. The first-order valence-electron chi connectivity index (χ1n) is 7.40. The minimum Gasteiger partial charge on any atom is -0.484 e. The van der Waals surface area contributed by atoms with E-state index >= 15 is 0 Å². The Kier molecular flexibility index (Phi) is 5.67. The summed E-state index contributed by atoms with van der Waals surface area (Å²) in [6.45, 7) is 2.94. The van der Waals surface area contributed by atoms with Crippen LogP contribution >= 0.6 is 0 Å². The number of benzene rings is 2. The zero-order valence-electron chi connectivity index (χ0n) is 13.7. The van der Waals surface area contributed by atoms with Crippen molar-refractivity contribution in [2.45, 2.75) is 13.8 Å². The second-order valence-electron chi connectivity index (χ2n) is 5.30. The number of amides is 2. The van der Waals surface area contributed by atoms with Gasteiger partial charge in [0.1, 0.15) is 5.75 Å². The van der Waals surface area contributed by atoms with Crippen LogP contribution in [-0.2, 0) is 9.59 Å². The van der Waals surface area contributed by atoms with Crippen molar-refractivity contribution in [1.29, 1.82) is 0 Å². The lowest BCUT2D eigenvalue weighted by atomic mass is 10.1. The molecule has 2 aromatic carbocycles. The molecule has 0 aliphatic carbocycles. The van der Waals surface area contributed by atoms with Gasteiger partial charge in [-0.3, -0.25) is 19.7 Å². The van der Waals surface area contributed by atoms with Crippen LogP contribution in [0.1, 0.15) is 12.5 Å². The molecule has 2 aromatic rings. The lowest BCUT2D eigenvalue weighted by Crippen LogP contribution is -2.20. The third kappa shape index (κ3) is 5.31. The van der Waals surface area contributed by atoms with Gasteiger partial charge in [0.05, 0.1) is 11.0 Å². The molecule has 0 saturated carbocycles. The van der Waals surface area contributed by atoms with Crippen molar-refractivity contribution < 1.29 is 19.2 Å². The number of rotatable bonds is 6. The van der Waals surface area contributed by atoms with E-state index in [0.717, 1.165) is 5.56 Å². The third-order valence-electron chi connectivity index (χ3n) is 3.22. The first-order valence-corrected chi connectivity index (χ1v) is 7.40. The van der Waals surface area contributed by atoms with Crippen molar-refractivity contribution in [3.63, 3.8) is 0 Å². The highest BCUT2D eigenvalue weighted by atomic mass is 16.6. The van der Waals surface area contributed by atoms with E-state index in [1.807, 2.05) is 0 Å². The number of nitro groups is 1. The molecule has 25 heavy (non-hydrogen) atoms. The summed E-state index contributed by atoms with van der Waals surface area (Å²) >= 11 is 0. The van der Waals surface area contributed by atoms with Gasteiger partial charge in [0.2, 0.25) is 5.91 Å². The summed E-state index contributed by atoms with van der Waals surface area (Å²) in [7, 11) is 0. The molecule has 0 saturated heterocycles. The van der Waals surface area contributed by atoms with Crippen LogP contribution in [0.25, 0.3) is 0 Å². The van der Waals surface area contributed by atoms with E-state index in [0.29, 0.717) is 11.4 Å². The number of nitro benzene ring substituents is 1. The van der Waals surface area contributed by atoms with E-state index in [-0.39, 0.29) is 24.0 Å². The van der Waals surface area contributed by atoms with Crippen LogP contribution in [0.4, 0.5) is 17.1 Å². The number of carbonyl (C=O) groups excluding carboxylic acids is 2. The first-order chi connectivity index (χ1) is 11.8. The SMILES string of the molecule is CC(=O)Nc1ccc(NC(=O)COc2cccc([N+](=O)[O-])c2)cc1C. The Morgan fingerprint density at radius 1 is 1.16 bits per heavy atom. The van der Waals surface area contributed by atoms with Crippen LogP contribution < -0.4 is 15.4 Å². The monoisotopic (exact) mass is 343 g/mol. The zero-order chi connectivity index (χ0) is 18.4.